The molecule has 0 unspecified atom stereocenters. The summed E-state index contributed by atoms with van der Waals surface area (Å²) in [4.78, 5) is 4.52. The van der Waals surface area contributed by atoms with Crippen molar-refractivity contribution in [3.63, 3.8) is 0 Å². The van der Waals surface area contributed by atoms with Gasteiger partial charge in [-0.2, -0.15) is 0 Å². The molecule has 0 spiro atoms. The van der Waals surface area contributed by atoms with Gasteiger partial charge < -0.3 is 9.80 Å². The summed E-state index contributed by atoms with van der Waals surface area (Å²) < 4.78 is 0. The summed E-state index contributed by atoms with van der Waals surface area (Å²) in [6, 6.07) is 8.35. The van der Waals surface area contributed by atoms with Gasteiger partial charge in [-0.25, -0.2) is 0 Å². The number of rotatable bonds is 2. The van der Waals surface area contributed by atoms with Crippen LogP contribution in [0, 0.1) is 12.3 Å². The summed E-state index contributed by atoms with van der Waals surface area (Å²) >= 11 is 0. The second-order valence-electron chi connectivity index (χ2n) is 4.84. The molecule has 0 atom stereocenters. The van der Waals surface area contributed by atoms with E-state index in [0.717, 1.165) is 38.4 Å². The third-order valence-electron chi connectivity index (χ3n) is 3.50. The van der Waals surface area contributed by atoms with E-state index in [9.17, 15) is 0 Å². The fourth-order valence-corrected chi connectivity index (χ4v) is 2.18. The monoisotopic (exact) mass is 231 g/mol. The Bertz CT molecular complexity index is 392. The molecule has 0 bridgehead atoms. The molecule has 0 saturated carbocycles. The first-order valence-electron chi connectivity index (χ1n) is 6.22. The van der Waals surface area contributed by atoms with Crippen LogP contribution in [-0.2, 0) is 6.42 Å². The smallest absolute Gasteiger partial charge is 0.100 e. The standard InChI is InChI=1S/C14H21N3/c1-12-5-3-4-6-13(12)11-14(15)17-9-7-16(2)8-10-17/h3-6,15H,7-11H2,1-2H3. The van der Waals surface area contributed by atoms with Gasteiger partial charge in [0, 0.05) is 32.6 Å². The summed E-state index contributed by atoms with van der Waals surface area (Å²) in [5.74, 6) is 0.757. The minimum absolute atomic E-state index is 0.757. The normalized spacial score (nSPS) is 17.2. The van der Waals surface area contributed by atoms with Crippen LogP contribution in [0.3, 0.4) is 0 Å². The van der Waals surface area contributed by atoms with Crippen LogP contribution in [-0.4, -0.2) is 48.9 Å². The van der Waals surface area contributed by atoms with E-state index in [1.807, 2.05) is 0 Å². The zero-order valence-electron chi connectivity index (χ0n) is 10.7. The molecular formula is C14H21N3. The summed E-state index contributed by atoms with van der Waals surface area (Å²) in [7, 11) is 2.14. The number of hydrogen-bond acceptors (Lipinski definition) is 2. The molecule has 1 aliphatic rings. The number of likely N-dealkylation sites (N-methyl/N-ethyl adjacent to an activating group) is 1. The fourth-order valence-electron chi connectivity index (χ4n) is 2.18. The molecule has 1 aromatic carbocycles. The van der Waals surface area contributed by atoms with Crippen molar-refractivity contribution < 1.29 is 0 Å². The topological polar surface area (TPSA) is 30.3 Å². The predicted molar refractivity (Wildman–Crippen MR) is 71.7 cm³/mol. The number of benzene rings is 1. The van der Waals surface area contributed by atoms with Crippen molar-refractivity contribution in [1.82, 2.24) is 9.80 Å². The summed E-state index contributed by atoms with van der Waals surface area (Å²) in [5, 5.41) is 8.19. The molecule has 0 radical (unpaired) electrons. The fraction of sp³-hybridized carbons (Fsp3) is 0.500. The van der Waals surface area contributed by atoms with Gasteiger partial charge in [0.2, 0.25) is 0 Å². The van der Waals surface area contributed by atoms with Crippen LogP contribution in [0.25, 0.3) is 0 Å². The molecule has 1 aliphatic heterocycles. The van der Waals surface area contributed by atoms with Crippen molar-refractivity contribution >= 4 is 5.84 Å². The van der Waals surface area contributed by atoms with Crippen LogP contribution in [0.1, 0.15) is 11.1 Å². The number of nitrogens with one attached hydrogen (secondary N) is 1. The van der Waals surface area contributed by atoms with Crippen LogP contribution in [0.15, 0.2) is 24.3 Å². The molecule has 0 aromatic heterocycles. The number of nitrogens with zero attached hydrogens (tertiary/aromatic N) is 2. The van der Waals surface area contributed by atoms with Gasteiger partial charge in [-0.05, 0) is 25.1 Å². The van der Waals surface area contributed by atoms with E-state index in [2.05, 4.69) is 48.0 Å². The molecular weight excluding hydrogens is 210 g/mol. The number of hydrogen-bond donors (Lipinski definition) is 1. The molecule has 1 fully saturated rings. The number of amidine groups is 1. The highest BCUT2D eigenvalue weighted by atomic mass is 15.3. The Morgan fingerprint density at radius 1 is 1.18 bits per heavy atom. The largest absolute Gasteiger partial charge is 0.358 e. The van der Waals surface area contributed by atoms with Crippen LogP contribution in [0.4, 0.5) is 0 Å². The first kappa shape index (κ1) is 12.1. The molecule has 1 saturated heterocycles. The van der Waals surface area contributed by atoms with E-state index in [4.69, 9.17) is 5.41 Å². The lowest BCUT2D eigenvalue weighted by Gasteiger charge is -2.34. The molecule has 92 valence electrons. The third kappa shape index (κ3) is 3.07. The first-order valence-corrected chi connectivity index (χ1v) is 6.22. The van der Waals surface area contributed by atoms with Crippen molar-refractivity contribution in [2.45, 2.75) is 13.3 Å². The lowest BCUT2D eigenvalue weighted by molar-refractivity contribution is 0.213. The summed E-state index contributed by atoms with van der Waals surface area (Å²) in [5.41, 5.74) is 2.56. The Kier molecular flexibility index (Phi) is 3.79. The molecule has 0 amide bonds. The maximum absolute atomic E-state index is 8.19. The minimum atomic E-state index is 0.757. The molecule has 3 heteroatoms. The molecule has 1 heterocycles. The zero-order valence-corrected chi connectivity index (χ0v) is 10.7. The number of piperazine rings is 1. The molecule has 3 nitrogen and oxygen atoms in total. The maximum atomic E-state index is 8.19. The highest BCUT2D eigenvalue weighted by molar-refractivity contribution is 5.82. The average Bonchev–Trinajstić information content (AvgIpc) is 2.33. The molecule has 0 aliphatic carbocycles. The van der Waals surface area contributed by atoms with Gasteiger partial charge in [-0.15, -0.1) is 0 Å². The van der Waals surface area contributed by atoms with E-state index in [1.54, 1.807) is 0 Å². The zero-order chi connectivity index (χ0) is 12.3. The predicted octanol–water partition coefficient (Wildman–Crippen LogP) is 1.76. The Morgan fingerprint density at radius 3 is 2.47 bits per heavy atom. The van der Waals surface area contributed by atoms with Gasteiger partial charge in [-0.1, -0.05) is 24.3 Å². The van der Waals surface area contributed by atoms with Crippen molar-refractivity contribution in [2.24, 2.45) is 0 Å². The quantitative estimate of drug-likeness (QED) is 0.621. The SMILES string of the molecule is Cc1ccccc1CC(=N)N1CCN(C)CC1. The van der Waals surface area contributed by atoms with Crippen LogP contribution in [0.2, 0.25) is 0 Å². The van der Waals surface area contributed by atoms with Gasteiger partial charge in [-0.3, -0.25) is 5.41 Å². The van der Waals surface area contributed by atoms with Gasteiger partial charge in [0.15, 0.2) is 0 Å². The Morgan fingerprint density at radius 2 is 1.82 bits per heavy atom. The van der Waals surface area contributed by atoms with Crippen LogP contribution in [0.5, 0.6) is 0 Å². The molecule has 1 aromatic rings. The first-order chi connectivity index (χ1) is 8.16. The summed E-state index contributed by atoms with van der Waals surface area (Å²) in [6.45, 7) is 6.22. The van der Waals surface area contributed by atoms with E-state index < -0.39 is 0 Å². The van der Waals surface area contributed by atoms with Gasteiger partial charge in [0.25, 0.3) is 0 Å². The second kappa shape index (κ2) is 5.32. The minimum Gasteiger partial charge on any atom is -0.358 e. The van der Waals surface area contributed by atoms with Gasteiger partial charge >= 0.3 is 0 Å². The lowest BCUT2D eigenvalue weighted by atomic mass is 10.0. The van der Waals surface area contributed by atoms with Crippen LogP contribution < -0.4 is 0 Å². The Balaban J connectivity index is 1.95. The highest BCUT2D eigenvalue weighted by Gasteiger charge is 2.16. The average molecular weight is 231 g/mol. The molecule has 17 heavy (non-hydrogen) atoms. The van der Waals surface area contributed by atoms with Crippen molar-refractivity contribution in [1.29, 1.82) is 5.41 Å². The van der Waals surface area contributed by atoms with Gasteiger partial charge in [0.1, 0.15) is 5.84 Å². The summed E-state index contributed by atoms with van der Waals surface area (Å²) in [6.07, 6.45) is 0.760. The van der Waals surface area contributed by atoms with E-state index >= 15 is 0 Å². The van der Waals surface area contributed by atoms with Gasteiger partial charge in [0.05, 0.1) is 0 Å². The Labute approximate surface area is 104 Å². The number of aryl methyl sites for hydroxylation is 1. The molecule has 2 rings (SSSR count). The van der Waals surface area contributed by atoms with Crippen molar-refractivity contribution in [3.05, 3.63) is 35.4 Å². The van der Waals surface area contributed by atoms with Crippen molar-refractivity contribution in [3.8, 4) is 0 Å². The highest BCUT2D eigenvalue weighted by Crippen LogP contribution is 2.10. The van der Waals surface area contributed by atoms with E-state index in [1.165, 1.54) is 11.1 Å². The third-order valence-corrected chi connectivity index (χ3v) is 3.50. The second-order valence-corrected chi connectivity index (χ2v) is 4.84. The Hall–Kier alpha value is -1.35. The van der Waals surface area contributed by atoms with Crippen molar-refractivity contribution in [2.75, 3.05) is 33.2 Å². The van der Waals surface area contributed by atoms with E-state index in [0.29, 0.717) is 0 Å². The maximum Gasteiger partial charge on any atom is 0.100 e. The van der Waals surface area contributed by atoms with E-state index in [-0.39, 0.29) is 0 Å². The van der Waals surface area contributed by atoms with Crippen LogP contribution >= 0.6 is 0 Å². The lowest BCUT2D eigenvalue weighted by Crippen LogP contribution is -2.47. The molecule has 1 N–H and O–H groups in total.